The maximum absolute atomic E-state index is 12.0. The van der Waals surface area contributed by atoms with E-state index in [9.17, 15) is 15.0 Å². The number of amides is 1. The summed E-state index contributed by atoms with van der Waals surface area (Å²) in [6, 6.07) is 7.71. The number of hydrogen-bond donors (Lipinski definition) is 3. The van der Waals surface area contributed by atoms with Gasteiger partial charge in [0.1, 0.15) is 11.5 Å². The van der Waals surface area contributed by atoms with Gasteiger partial charge in [-0.2, -0.15) is 5.10 Å². The lowest BCUT2D eigenvalue weighted by atomic mass is 10.1. The first-order valence-electron chi connectivity index (χ1n) is 6.23. The lowest BCUT2D eigenvalue weighted by Gasteiger charge is -2.06. The Morgan fingerprint density at radius 2 is 2.00 bits per heavy atom. The molecule has 0 heterocycles. The quantitative estimate of drug-likeness (QED) is 0.391. The Morgan fingerprint density at radius 1 is 1.26 bits per heavy atom. The zero-order valence-corrected chi connectivity index (χ0v) is 14.7. The number of aromatic hydroxyl groups is 2. The van der Waals surface area contributed by atoms with Crippen molar-refractivity contribution in [2.45, 2.75) is 0 Å². The minimum atomic E-state index is -0.597. The van der Waals surface area contributed by atoms with Gasteiger partial charge in [-0.3, -0.25) is 4.79 Å². The molecule has 0 radical (unpaired) electrons. The van der Waals surface area contributed by atoms with Crippen molar-refractivity contribution in [1.29, 1.82) is 0 Å². The fraction of sp³-hybridized carbons (Fsp3) is 0. The maximum Gasteiger partial charge on any atom is 0.275 e. The van der Waals surface area contributed by atoms with Gasteiger partial charge in [0.25, 0.3) is 5.91 Å². The molecule has 1 amide bonds. The molecule has 0 saturated carbocycles. The van der Waals surface area contributed by atoms with Crippen molar-refractivity contribution in [1.82, 2.24) is 5.43 Å². The van der Waals surface area contributed by atoms with Gasteiger partial charge in [-0.15, -0.1) is 6.42 Å². The van der Waals surface area contributed by atoms with Crippen LogP contribution in [0.4, 0.5) is 0 Å². The topological polar surface area (TPSA) is 81.9 Å². The number of nitrogens with zero attached hydrogens (tertiary/aromatic N) is 1. The van der Waals surface area contributed by atoms with Gasteiger partial charge in [-0.1, -0.05) is 21.9 Å². The van der Waals surface area contributed by atoms with Crippen LogP contribution in [0.15, 0.2) is 44.4 Å². The lowest BCUT2D eigenvalue weighted by Crippen LogP contribution is -2.18. The molecule has 0 saturated heterocycles. The average molecular weight is 438 g/mol. The third kappa shape index (κ3) is 4.12. The summed E-state index contributed by atoms with van der Waals surface area (Å²) in [5.74, 6) is 1.56. The molecule has 0 aromatic heterocycles. The van der Waals surface area contributed by atoms with Gasteiger partial charge in [0.15, 0.2) is 0 Å². The standard InChI is InChI=1S/C16H10Br2N2O3/c1-2-9-3-4-10(14(21)5-9)8-19-20-16(23)12-6-11(17)7-13(18)15(12)22/h1,3-8,21-22H,(H,20,23)/b19-8+. The van der Waals surface area contributed by atoms with E-state index in [4.69, 9.17) is 6.42 Å². The summed E-state index contributed by atoms with van der Waals surface area (Å²) in [5.41, 5.74) is 3.25. The smallest absolute Gasteiger partial charge is 0.275 e. The Morgan fingerprint density at radius 3 is 2.65 bits per heavy atom. The van der Waals surface area contributed by atoms with Gasteiger partial charge < -0.3 is 10.2 Å². The van der Waals surface area contributed by atoms with Crippen LogP contribution in [-0.2, 0) is 0 Å². The van der Waals surface area contributed by atoms with Crippen molar-refractivity contribution in [3.63, 3.8) is 0 Å². The van der Waals surface area contributed by atoms with Crippen LogP contribution in [-0.4, -0.2) is 22.3 Å². The van der Waals surface area contributed by atoms with Gasteiger partial charge in [-0.25, -0.2) is 5.43 Å². The highest BCUT2D eigenvalue weighted by molar-refractivity contribution is 9.11. The zero-order valence-electron chi connectivity index (χ0n) is 11.5. The van der Waals surface area contributed by atoms with Crippen molar-refractivity contribution >= 4 is 44.0 Å². The molecule has 0 fully saturated rings. The Kier molecular flexibility index (Phi) is 5.42. The summed E-state index contributed by atoms with van der Waals surface area (Å²) in [6.45, 7) is 0. The molecule has 23 heavy (non-hydrogen) atoms. The number of hydrogen-bond acceptors (Lipinski definition) is 4. The highest BCUT2D eigenvalue weighted by Crippen LogP contribution is 2.31. The van der Waals surface area contributed by atoms with Crippen LogP contribution < -0.4 is 5.43 Å². The number of phenolic OH excluding ortho intramolecular Hbond substituents is 2. The Balaban J connectivity index is 2.15. The number of carbonyl (C=O) groups is 1. The molecule has 0 aliphatic rings. The Hall–Kier alpha value is -2.30. The Labute approximate surface area is 149 Å². The minimum Gasteiger partial charge on any atom is -0.507 e. The number of phenols is 2. The van der Waals surface area contributed by atoms with E-state index in [0.29, 0.717) is 20.1 Å². The zero-order chi connectivity index (χ0) is 17.0. The lowest BCUT2D eigenvalue weighted by molar-refractivity contribution is 0.0952. The van der Waals surface area contributed by atoms with Crippen molar-refractivity contribution in [3.05, 3.63) is 56.0 Å². The molecule has 116 valence electrons. The number of carbonyl (C=O) groups excluding carboxylic acids is 1. The summed E-state index contributed by atoms with van der Waals surface area (Å²) >= 11 is 6.38. The van der Waals surface area contributed by atoms with Gasteiger partial charge in [0.2, 0.25) is 0 Å². The second-order valence-corrected chi connectivity index (χ2v) is 6.17. The van der Waals surface area contributed by atoms with Gasteiger partial charge in [0.05, 0.1) is 16.3 Å². The summed E-state index contributed by atoms with van der Waals surface area (Å²) in [6.07, 6.45) is 6.50. The molecule has 7 heteroatoms. The van der Waals surface area contributed by atoms with Crippen molar-refractivity contribution in [3.8, 4) is 23.8 Å². The van der Waals surface area contributed by atoms with Gasteiger partial charge in [-0.05, 0) is 46.3 Å². The molecule has 0 spiro atoms. The molecule has 0 aliphatic heterocycles. The predicted octanol–water partition coefficient (Wildman–Crippen LogP) is 3.37. The summed E-state index contributed by atoms with van der Waals surface area (Å²) in [7, 11) is 0. The molecular weight excluding hydrogens is 428 g/mol. The molecule has 2 aromatic rings. The van der Waals surface area contributed by atoms with Crippen LogP contribution in [0.25, 0.3) is 0 Å². The van der Waals surface area contributed by atoms with Crippen LogP contribution in [0.1, 0.15) is 21.5 Å². The van der Waals surface area contributed by atoms with E-state index in [1.165, 1.54) is 18.3 Å². The summed E-state index contributed by atoms with van der Waals surface area (Å²) < 4.78 is 1.00. The van der Waals surface area contributed by atoms with Crippen LogP contribution >= 0.6 is 31.9 Å². The summed E-state index contributed by atoms with van der Waals surface area (Å²) in [4.78, 5) is 12.0. The molecule has 2 rings (SSSR count). The third-order valence-corrected chi connectivity index (χ3v) is 3.90. The molecule has 5 nitrogen and oxygen atoms in total. The fourth-order valence-electron chi connectivity index (χ4n) is 1.70. The predicted molar refractivity (Wildman–Crippen MR) is 94.6 cm³/mol. The molecule has 0 unspecified atom stereocenters. The monoisotopic (exact) mass is 436 g/mol. The number of terminal acetylenes is 1. The largest absolute Gasteiger partial charge is 0.507 e. The Bertz CT molecular complexity index is 842. The van der Waals surface area contributed by atoms with E-state index in [2.05, 4.69) is 48.3 Å². The molecule has 3 N–H and O–H groups in total. The molecule has 0 bridgehead atoms. The summed E-state index contributed by atoms with van der Waals surface area (Å²) in [5, 5.41) is 23.4. The molecule has 0 aliphatic carbocycles. The minimum absolute atomic E-state index is 0.0495. The first-order chi connectivity index (χ1) is 10.9. The number of hydrazone groups is 1. The normalized spacial score (nSPS) is 10.5. The van der Waals surface area contributed by atoms with Crippen LogP contribution in [0.3, 0.4) is 0 Å². The van der Waals surface area contributed by atoms with Crippen LogP contribution in [0.5, 0.6) is 11.5 Å². The van der Waals surface area contributed by atoms with Gasteiger partial charge >= 0.3 is 0 Å². The van der Waals surface area contributed by atoms with Crippen molar-refractivity contribution in [2.24, 2.45) is 5.10 Å². The van der Waals surface area contributed by atoms with Crippen LogP contribution in [0.2, 0.25) is 0 Å². The molecule has 2 aromatic carbocycles. The number of benzene rings is 2. The van der Waals surface area contributed by atoms with E-state index in [-0.39, 0.29) is 17.1 Å². The number of nitrogens with one attached hydrogen (secondary N) is 1. The first kappa shape index (κ1) is 17.1. The van der Waals surface area contributed by atoms with Crippen LogP contribution in [0, 0.1) is 12.3 Å². The number of halogens is 2. The van der Waals surface area contributed by atoms with Crippen molar-refractivity contribution < 1.29 is 15.0 Å². The highest BCUT2D eigenvalue weighted by atomic mass is 79.9. The maximum atomic E-state index is 12.0. The second-order valence-electron chi connectivity index (χ2n) is 4.40. The van der Waals surface area contributed by atoms with E-state index in [0.717, 1.165) is 0 Å². The fourth-order valence-corrected chi connectivity index (χ4v) is 2.93. The second kappa shape index (κ2) is 7.31. The SMILES string of the molecule is C#Cc1ccc(/C=N/NC(=O)c2cc(Br)cc(Br)c2O)c(O)c1. The van der Waals surface area contributed by atoms with E-state index in [1.807, 2.05) is 0 Å². The van der Waals surface area contributed by atoms with E-state index in [1.54, 1.807) is 18.2 Å². The van der Waals surface area contributed by atoms with E-state index >= 15 is 0 Å². The van der Waals surface area contributed by atoms with Crippen molar-refractivity contribution in [2.75, 3.05) is 0 Å². The van der Waals surface area contributed by atoms with E-state index < -0.39 is 5.91 Å². The number of rotatable bonds is 3. The van der Waals surface area contributed by atoms with Gasteiger partial charge in [0, 0.05) is 15.6 Å². The third-order valence-electron chi connectivity index (χ3n) is 2.84. The highest BCUT2D eigenvalue weighted by Gasteiger charge is 2.14. The first-order valence-corrected chi connectivity index (χ1v) is 7.82. The molecule has 0 atom stereocenters. The molecular formula is C16H10Br2N2O3. The average Bonchev–Trinajstić information content (AvgIpc) is 2.52.